The number of likely N-dealkylation sites (tertiary alicyclic amines) is 1. The lowest BCUT2D eigenvalue weighted by Crippen LogP contribution is -2.41. The summed E-state index contributed by atoms with van der Waals surface area (Å²) in [6.45, 7) is 3.58. The van der Waals surface area contributed by atoms with Crippen LogP contribution in [0.4, 0.5) is 0 Å². The number of aryl methyl sites for hydroxylation is 1. The lowest BCUT2D eigenvalue weighted by Gasteiger charge is -2.33. The molecule has 6 nitrogen and oxygen atoms in total. The van der Waals surface area contributed by atoms with Crippen LogP contribution in [-0.2, 0) is 6.54 Å². The minimum atomic E-state index is -0.00923. The van der Waals surface area contributed by atoms with Crippen molar-refractivity contribution in [2.24, 2.45) is 0 Å². The Bertz CT molecular complexity index is 993. The molecular weight excluding hydrogens is 326 g/mol. The average molecular weight is 347 g/mol. The molecule has 1 amide bonds. The Morgan fingerprint density at radius 3 is 3.00 bits per heavy atom. The minimum Gasteiger partial charge on any atom is -0.335 e. The summed E-state index contributed by atoms with van der Waals surface area (Å²) in [5.41, 5.74) is 2.64. The van der Waals surface area contributed by atoms with Gasteiger partial charge in [0.25, 0.3) is 5.91 Å². The maximum Gasteiger partial charge on any atom is 0.270 e. The molecule has 0 radical (unpaired) electrons. The van der Waals surface area contributed by atoms with E-state index in [0.717, 1.165) is 35.9 Å². The van der Waals surface area contributed by atoms with E-state index in [2.05, 4.69) is 11.2 Å². The van der Waals surface area contributed by atoms with E-state index in [9.17, 15) is 10.1 Å². The van der Waals surface area contributed by atoms with Crippen LogP contribution in [0.15, 0.2) is 42.7 Å². The molecule has 1 aliphatic rings. The van der Waals surface area contributed by atoms with Gasteiger partial charge in [0.1, 0.15) is 12.2 Å². The van der Waals surface area contributed by atoms with Crippen LogP contribution in [0.25, 0.3) is 10.9 Å². The van der Waals surface area contributed by atoms with Crippen LogP contribution in [0.2, 0.25) is 0 Å². The molecule has 3 aromatic rings. The first-order valence-corrected chi connectivity index (χ1v) is 8.92. The number of fused-ring (bicyclic) bond motifs is 1. The fourth-order valence-corrected chi connectivity index (χ4v) is 3.78. The highest BCUT2D eigenvalue weighted by molar-refractivity contribution is 5.98. The maximum atomic E-state index is 13.2. The van der Waals surface area contributed by atoms with E-state index in [1.54, 1.807) is 0 Å². The second kappa shape index (κ2) is 6.68. The molecule has 1 fully saturated rings. The third-order valence-electron chi connectivity index (χ3n) is 5.05. The molecule has 0 aliphatic carbocycles. The maximum absolute atomic E-state index is 13.2. The summed E-state index contributed by atoms with van der Waals surface area (Å²) in [7, 11) is 0. The summed E-state index contributed by atoms with van der Waals surface area (Å²) in [6, 6.07) is 12.1. The van der Waals surface area contributed by atoms with Gasteiger partial charge in [-0.3, -0.25) is 9.48 Å². The molecule has 1 unspecified atom stereocenters. The van der Waals surface area contributed by atoms with Crippen LogP contribution in [-0.4, -0.2) is 38.2 Å². The van der Waals surface area contributed by atoms with Gasteiger partial charge < -0.3 is 9.47 Å². The van der Waals surface area contributed by atoms with Crippen molar-refractivity contribution in [1.29, 1.82) is 5.26 Å². The lowest BCUT2D eigenvalue weighted by atomic mass is 10.1. The first-order chi connectivity index (χ1) is 12.7. The molecule has 2 aromatic heterocycles. The van der Waals surface area contributed by atoms with Gasteiger partial charge in [0.2, 0.25) is 0 Å². The van der Waals surface area contributed by atoms with Gasteiger partial charge in [-0.15, -0.1) is 0 Å². The minimum absolute atomic E-state index is 0.00923. The number of nitrogens with zero attached hydrogens (tertiary/aromatic N) is 5. The monoisotopic (exact) mass is 347 g/mol. The Balaban J connectivity index is 1.64. The Morgan fingerprint density at radius 1 is 1.38 bits per heavy atom. The van der Waals surface area contributed by atoms with Crippen LogP contribution >= 0.6 is 0 Å². The van der Waals surface area contributed by atoms with Crippen molar-refractivity contribution in [2.75, 3.05) is 13.1 Å². The second-order valence-corrected chi connectivity index (χ2v) is 6.88. The summed E-state index contributed by atoms with van der Waals surface area (Å²) < 4.78 is 3.79. The van der Waals surface area contributed by atoms with E-state index in [0.29, 0.717) is 12.2 Å². The number of rotatable bonds is 3. The fraction of sp³-hybridized carbons (Fsp3) is 0.350. The zero-order chi connectivity index (χ0) is 18.1. The first kappa shape index (κ1) is 16.4. The lowest BCUT2D eigenvalue weighted by molar-refractivity contribution is 0.0663. The summed E-state index contributed by atoms with van der Waals surface area (Å²) in [6.07, 6.45) is 5.86. The SMILES string of the molecule is Cc1cnn(C2CCCN(C(=O)c3cc4ccccc4n3CC#N)C2)c1. The first-order valence-electron chi connectivity index (χ1n) is 8.92. The number of nitriles is 1. The number of para-hydroxylation sites is 1. The number of carbonyl (C=O) groups excluding carboxylic acids is 1. The third-order valence-corrected chi connectivity index (χ3v) is 5.05. The molecule has 1 atom stereocenters. The van der Waals surface area contributed by atoms with Crippen molar-refractivity contribution in [3.05, 3.63) is 54.0 Å². The van der Waals surface area contributed by atoms with Gasteiger partial charge in [-0.25, -0.2) is 0 Å². The van der Waals surface area contributed by atoms with Crippen molar-refractivity contribution in [2.45, 2.75) is 32.4 Å². The van der Waals surface area contributed by atoms with E-state index in [1.807, 2.05) is 63.8 Å². The van der Waals surface area contributed by atoms with Crippen molar-refractivity contribution < 1.29 is 4.79 Å². The van der Waals surface area contributed by atoms with Crippen molar-refractivity contribution >= 4 is 16.8 Å². The van der Waals surface area contributed by atoms with E-state index < -0.39 is 0 Å². The Kier molecular flexibility index (Phi) is 4.21. The quantitative estimate of drug-likeness (QED) is 0.731. The molecule has 0 bridgehead atoms. The number of carbonyl (C=O) groups is 1. The van der Waals surface area contributed by atoms with E-state index in [4.69, 9.17) is 0 Å². The molecule has 0 saturated carbocycles. The van der Waals surface area contributed by atoms with E-state index >= 15 is 0 Å². The van der Waals surface area contributed by atoms with Crippen LogP contribution < -0.4 is 0 Å². The smallest absolute Gasteiger partial charge is 0.270 e. The molecule has 26 heavy (non-hydrogen) atoms. The molecule has 0 spiro atoms. The van der Waals surface area contributed by atoms with Crippen LogP contribution in [0.3, 0.4) is 0 Å². The number of aromatic nitrogens is 3. The standard InChI is InChI=1S/C20H21N5O/c1-15-12-22-25(13-15)17-6-4-9-23(14-17)20(26)19-11-16-5-2-3-7-18(16)24(19)10-8-21/h2-3,5,7,11-13,17H,4,6,9-10,14H2,1H3. The molecule has 1 aliphatic heterocycles. The Hall–Kier alpha value is -3.07. The zero-order valence-corrected chi connectivity index (χ0v) is 14.8. The summed E-state index contributed by atoms with van der Waals surface area (Å²) >= 11 is 0. The third kappa shape index (κ3) is 2.86. The molecule has 132 valence electrons. The zero-order valence-electron chi connectivity index (χ0n) is 14.8. The highest BCUT2D eigenvalue weighted by atomic mass is 16.2. The second-order valence-electron chi connectivity index (χ2n) is 6.88. The molecule has 4 rings (SSSR count). The Morgan fingerprint density at radius 2 is 2.23 bits per heavy atom. The molecule has 6 heteroatoms. The number of hydrogen-bond acceptors (Lipinski definition) is 3. The van der Waals surface area contributed by atoms with Crippen molar-refractivity contribution in [3.8, 4) is 6.07 Å². The van der Waals surface area contributed by atoms with Crippen LogP contribution in [0.1, 0.15) is 34.9 Å². The van der Waals surface area contributed by atoms with Gasteiger partial charge in [-0.05, 0) is 37.5 Å². The summed E-state index contributed by atoms with van der Waals surface area (Å²) in [5, 5.41) is 14.6. The van der Waals surface area contributed by atoms with E-state index in [1.165, 1.54) is 0 Å². The van der Waals surface area contributed by atoms with Crippen molar-refractivity contribution in [3.63, 3.8) is 0 Å². The fourth-order valence-electron chi connectivity index (χ4n) is 3.78. The van der Waals surface area contributed by atoms with Gasteiger partial charge in [-0.2, -0.15) is 10.4 Å². The molecular formula is C20H21N5O. The molecule has 1 saturated heterocycles. The van der Waals surface area contributed by atoms with Gasteiger partial charge in [0, 0.05) is 30.2 Å². The number of piperidine rings is 1. The number of benzene rings is 1. The Labute approximate surface area is 152 Å². The van der Waals surface area contributed by atoms with Crippen LogP contribution in [0.5, 0.6) is 0 Å². The van der Waals surface area contributed by atoms with E-state index in [-0.39, 0.29) is 18.5 Å². The topological polar surface area (TPSA) is 66.8 Å². The predicted octanol–water partition coefficient (Wildman–Crippen LogP) is 3.15. The van der Waals surface area contributed by atoms with Gasteiger partial charge in [-0.1, -0.05) is 18.2 Å². The summed E-state index contributed by atoms with van der Waals surface area (Å²) in [5.74, 6) is -0.00923. The van der Waals surface area contributed by atoms with Crippen molar-refractivity contribution in [1.82, 2.24) is 19.2 Å². The van der Waals surface area contributed by atoms with Gasteiger partial charge >= 0.3 is 0 Å². The molecule has 3 heterocycles. The molecule has 1 aromatic carbocycles. The van der Waals surface area contributed by atoms with Gasteiger partial charge in [0.15, 0.2) is 0 Å². The molecule has 0 N–H and O–H groups in total. The highest BCUT2D eigenvalue weighted by Crippen LogP contribution is 2.25. The number of hydrogen-bond donors (Lipinski definition) is 0. The predicted molar refractivity (Wildman–Crippen MR) is 98.7 cm³/mol. The summed E-state index contributed by atoms with van der Waals surface area (Å²) in [4.78, 5) is 15.1. The highest BCUT2D eigenvalue weighted by Gasteiger charge is 2.28. The normalized spacial score (nSPS) is 17.4. The largest absolute Gasteiger partial charge is 0.335 e. The number of amides is 1. The average Bonchev–Trinajstić information content (AvgIpc) is 3.26. The van der Waals surface area contributed by atoms with Gasteiger partial charge in [0.05, 0.1) is 18.3 Å². The van der Waals surface area contributed by atoms with Crippen LogP contribution in [0, 0.1) is 18.3 Å².